The molecule has 6 N–H and O–H groups in total. The van der Waals surface area contributed by atoms with Gasteiger partial charge in [-0.3, -0.25) is 4.79 Å². The van der Waals surface area contributed by atoms with E-state index in [2.05, 4.69) is 5.32 Å². The molecule has 1 amide bonds. The average molecular weight is 797 g/mol. The Kier molecular flexibility index (Phi) is 14.6. The number of carbonyl (C=O) groups excluding carboxylic acids is 1. The smallest absolute Gasteiger partial charge is 0.416 e. The number of rotatable bonds is 9. The second kappa shape index (κ2) is 19.1. The van der Waals surface area contributed by atoms with Crippen molar-refractivity contribution in [3.8, 4) is 23.0 Å². The lowest BCUT2D eigenvalue weighted by Gasteiger charge is -2.13. The molecule has 6 rings (SSSR count). The van der Waals surface area contributed by atoms with Crippen LogP contribution in [0, 0.1) is 0 Å². The van der Waals surface area contributed by atoms with E-state index in [-0.39, 0.29) is 48.3 Å². The molecule has 15 heteroatoms. The summed E-state index contributed by atoms with van der Waals surface area (Å²) in [6.45, 7) is 3.36. The van der Waals surface area contributed by atoms with Crippen LogP contribution in [0.5, 0.6) is 23.0 Å². The number of halogens is 6. The van der Waals surface area contributed by atoms with Crippen LogP contribution in [0.3, 0.4) is 0 Å². The third-order valence-electron chi connectivity index (χ3n) is 7.95. The van der Waals surface area contributed by atoms with Crippen molar-refractivity contribution >= 4 is 33.4 Å². The Morgan fingerprint density at radius 2 is 1.04 bits per heavy atom. The normalized spacial score (nSPS) is 12.3. The van der Waals surface area contributed by atoms with Gasteiger partial charge in [0, 0.05) is 28.4 Å². The maximum atomic E-state index is 12.7. The Morgan fingerprint density at radius 1 is 0.632 bits per heavy atom. The molecule has 0 aliphatic heterocycles. The number of nitrogens with one attached hydrogen (secondary N) is 1. The average Bonchev–Trinajstić information content (AvgIpc) is 3.17. The number of carboxylic acids is 1. The van der Waals surface area contributed by atoms with Gasteiger partial charge >= 0.3 is 18.3 Å². The highest BCUT2D eigenvalue weighted by Gasteiger charge is 2.31. The Hall–Kier alpha value is -6.16. The summed E-state index contributed by atoms with van der Waals surface area (Å²) in [5.41, 5.74) is 4.12. The molecule has 0 fully saturated rings. The Labute approximate surface area is 322 Å². The van der Waals surface area contributed by atoms with E-state index in [0.29, 0.717) is 33.2 Å². The predicted octanol–water partition coefficient (Wildman–Crippen LogP) is 9.44. The zero-order chi connectivity index (χ0) is 41.9. The van der Waals surface area contributed by atoms with Crippen molar-refractivity contribution in [2.24, 2.45) is 5.73 Å². The van der Waals surface area contributed by atoms with Crippen molar-refractivity contribution in [1.82, 2.24) is 5.32 Å². The van der Waals surface area contributed by atoms with E-state index in [4.69, 9.17) is 30.5 Å². The molecule has 0 aliphatic rings. The third kappa shape index (κ3) is 12.4. The van der Waals surface area contributed by atoms with Crippen molar-refractivity contribution < 1.29 is 60.7 Å². The molecule has 6 aromatic rings. The second-order valence-electron chi connectivity index (χ2n) is 12.7. The summed E-state index contributed by atoms with van der Waals surface area (Å²) in [7, 11) is 0. The molecular formula is C42H38F6N2O7. The maximum absolute atomic E-state index is 12.7. The minimum absolute atomic E-state index is 0.0602. The van der Waals surface area contributed by atoms with Gasteiger partial charge in [-0.25, -0.2) is 4.79 Å². The molecule has 2 atom stereocenters. The molecule has 57 heavy (non-hydrogen) atoms. The van der Waals surface area contributed by atoms with E-state index in [9.17, 15) is 35.9 Å². The number of carbonyl (C=O) groups is 2. The summed E-state index contributed by atoms with van der Waals surface area (Å²) >= 11 is 0. The van der Waals surface area contributed by atoms with E-state index < -0.39 is 29.4 Å². The van der Waals surface area contributed by atoms with Gasteiger partial charge < -0.3 is 35.8 Å². The van der Waals surface area contributed by atoms with Gasteiger partial charge in [-0.15, -0.1) is 0 Å². The number of benzene rings is 6. The Morgan fingerprint density at radius 3 is 1.40 bits per heavy atom. The van der Waals surface area contributed by atoms with Crippen LogP contribution in [-0.4, -0.2) is 52.5 Å². The van der Waals surface area contributed by atoms with E-state index in [0.717, 1.165) is 29.7 Å². The van der Waals surface area contributed by atoms with Gasteiger partial charge in [0.25, 0.3) is 5.91 Å². The fraction of sp³-hybridized carbons (Fsp3) is 0.190. The number of hydrogen-bond donors (Lipinski definition) is 5. The first-order chi connectivity index (χ1) is 26.9. The number of alkyl halides is 6. The van der Waals surface area contributed by atoms with Crippen molar-refractivity contribution in [3.05, 3.63) is 144 Å². The highest BCUT2D eigenvalue weighted by Crippen LogP contribution is 2.35. The number of amides is 1. The molecule has 0 aromatic heterocycles. The molecule has 6 aromatic carbocycles. The van der Waals surface area contributed by atoms with Gasteiger partial charge in [0.05, 0.1) is 29.9 Å². The summed E-state index contributed by atoms with van der Waals surface area (Å²) in [4.78, 5) is 23.2. The van der Waals surface area contributed by atoms with E-state index in [1.807, 2.05) is 0 Å². The van der Waals surface area contributed by atoms with Crippen LogP contribution in [0.1, 0.15) is 45.7 Å². The third-order valence-corrected chi connectivity index (χ3v) is 7.95. The van der Waals surface area contributed by atoms with Crippen molar-refractivity contribution in [3.63, 3.8) is 0 Å². The second-order valence-corrected chi connectivity index (χ2v) is 12.7. The van der Waals surface area contributed by atoms with E-state index in [1.165, 1.54) is 36.4 Å². The van der Waals surface area contributed by atoms with Crippen molar-refractivity contribution in [2.45, 2.75) is 38.3 Å². The molecule has 0 bridgehead atoms. The fourth-order valence-electron chi connectivity index (χ4n) is 4.99. The number of carboxylic acid groups (broad SMARTS) is 1. The van der Waals surface area contributed by atoms with Gasteiger partial charge in [-0.2, -0.15) is 26.3 Å². The summed E-state index contributed by atoms with van der Waals surface area (Å²) in [6, 6.07) is 28.3. The summed E-state index contributed by atoms with van der Waals surface area (Å²) < 4.78 is 87.1. The summed E-state index contributed by atoms with van der Waals surface area (Å²) in [5.74, 6) is 0.0949. The molecule has 0 saturated carbocycles. The summed E-state index contributed by atoms with van der Waals surface area (Å²) in [5, 5.41) is 31.5. The monoisotopic (exact) mass is 796 g/mol. The molecule has 0 saturated heterocycles. The SMILES string of the molecule is CC(CO)NC(=O)c1ccc2c(Oc3ccc(C(F)(F)F)cc3)cccc2c1.CC(N)CO.O=C(O)c1ccc2c(Oc3ccc(C(F)(F)F)cc3)cccc2c1. The molecule has 0 radical (unpaired) electrons. The van der Waals surface area contributed by atoms with Crippen LogP contribution in [0.15, 0.2) is 121 Å². The van der Waals surface area contributed by atoms with Gasteiger partial charge in [-0.1, -0.05) is 24.3 Å². The molecule has 0 spiro atoms. The van der Waals surface area contributed by atoms with Crippen molar-refractivity contribution in [2.75, 3.05) is 13.2 Å². The first-order valence-corrected chi connectivity index (χ1v) is 17.2. The van der Waals surface area contributed by atoms with Crippen LogP contribution >= 0.6 is 0 Å². The quantitative estimate of drug-likeness (QED) is 0.0909. The van der Waals surface area contributed by atoms with Crippen molar-refractivity contribution in [1.29, 1.82) is 0 Å². The molecule has 0 heterocycles. The zero-order valence-corrected chi connectivity index (χ0v) is 30.4. The Bertz CT molecular complexity index is 2280. The molecule has 2 unspecified atom stereocenters. The lowest BCUT2D eigenvalue weighted by Crippen LogP contribution is -2.34. The highest BCUT2D eigenvalue weighted by molar-refractivity contribution is 6.00. The zero-order valence-electron chi connectivity index (χ0n) is 30.4. The standard InChI is InChI=1S/C21H18F3NO3.C18H11F3O3.C3H9NO/c1-13(12-26)25-20(27)15-5-10-18-14(11-15)3-2-4-19(18)28-17-8-6-16(7-9-17)21(22,23)24;19-18(20,21)13-5-7-14(8-6-13)24-16-3-1-2-11-10-12(17(22)23)4-9-15(11)16;1-3(4)2-5/h2-11,13,26H,12H2,1H3,(H,25,27);1-10H,(H,22,23);3,5H,2,4H2,1H3. The minimum Gasteiger partial charge on any atom is -0.478 e. The summed E-state index contributed by atoms with van der Waals surface area (Å²) in [6.07, 6.45) is -8.80. The van der Waals surface area contributed by atoms with Gasteiger partial charge in [0.1, 0.15) is 23.0 Å². The lowest BCUT2D eigenvalue weighted by atomic mass is 10.1. The van der Waals surface area contributed by atoms with Crippen LogP contribution in [0.25, 0.3) is 21.5 Å². The van der Waals surface area contributed by atoms with E-state index >= 15 is 0 Å². The Balaban J connectivity index is 0.000000228. The maximum Gasteiger partial charge on any atom is 0.416 e. The minimum atomic E-state index is -4.40. The first-order valence-electron chi connectivity index (χ1n) is 17.2. The van der Waals surface area contributed by atoms with E-state index in [1.54, 1.807) is 74.5 Å². The van der Waals surface area contributed by atoms with Gasteiger partial charge in [0.2, 0.25) is 0 Å². The molecule has 300 valence electrons. The van der Waals surface area contributed by atoms with Crippen LogP contribution in [0.2, 0.25) is 0 Å². The number of nitrogens with two attached hydrogens (primary N) is 1. The largest absolute Gasteiger partial charge is 0.478 e. The molecular weight excluding hydrogens is 758 g/mol. The van der Waals surface area contributed by atoms with Crippen LogP contribution in [0.4, 0.5) is 26.3 Å². The topological polar surface area (TPSA) is 151 Å². The van der Waals surface area contributed by atoms with Gasteiger partial charge in [0.15, 0.2) is 0 Å². The number of fused-ring (bicyclic) bond motifs is 2. The van der Waals surface area contributed by atoms with Crippen LogP contribution < -0.4 is 20.5 Å². The van der Waals surface area contributed by atoms with Gasteiger partial charge in [-0.05, 0) is 122 Å². The number of aromatic carboxylic acids is 1. The number of hydrogen-bond acceptors (Lipinski definition) is 7. The first kappa shape index (κ1) is 43.6. The molecule has 9 nitrogen and oxygen atoms in total. The number of aliphatic hydroxyl groups is 2. The number of ether oxygens (including phenoxy) is 2. The van der Waals surface area contributed by atoms with Crippen LogP contribution in [-0.2, 0) is 12.4 Å². The molecule has 0 aliphatic carbocycles. The lowest BCUT2D eigenvalue weighted by molar-refractivity contribution is -0.138. The predicted molar refractivity (Wildman–Crippen MR) is 203 cm³/mol. The number of aliphatic hydroxyl groups excluding tert-OH is 2. The highest BCUT2D eigenvalue weighted by atomic mass is 19.4. The fourth-order valence-corrected chi connectivity index (χ4v) is 4.99.